The standard InChI is InChI=1S/C17H18N4/c1-5-16(21-11-9-19-17(21)7-1)15-6-3-10-20(15)13-14-4-2-8-18-12-14/h1-2,4-5,7-9,11-12,15H,3,6,10,13H2/t15-/m1/s1. The molecule has 4 heteroatoms. The van der Waals surface area contributed by atoms with Crippen molar-refractivity contribution in [1.82, 2.24) is 19.3 Å². The number of fused-ring (bicyclic) bond motifs is 1. The first kappa shape index (κ1) is 12.5. The van der Waals surface area contributed by atoms with Gasteiger partial charge in [0, 0.05) is 37.0 Å². The molecule has 0 saturated carbocycles. The zero-order valence-electron chi connectivity index (χ0n) is 11.9. The molecule has 1 aliphatic rings. The van der Waals surface area contributed by atoms with Crippen LogP contribution in [0.25, 0.3) is 5.65 Å². The van der Waals surface area contributed by atoms with Gasteiger partial charge in [-0.1, -0.05) is 12.1 Å². The van der Waals surface area contributed by atoms with Crippen LogP contribution in [0.4, 0.5) is 0 Å². The van der Waals surface area contributed by atoms with E-state index in [4.69, 9.17) is 0 Å². The molecule has 0 radical (unpaired) electrons. The zero-order valence-corrected chi connectivity index (χ0v) is 11.9. The lowest BCUT2D eigenvalue weighted by atomic mass is 10.1. The summed E-state index contributed by atoms with van der Waals surface area (Å²) in [5.74, 6) is 0. The van der Waals surface area contributed by atoms with Gasteiger partial charge in [0.05, 0.1) is 6.04 Å². The maximum Gasteiger partial charge on any atom is 0.136 e. The monoisotopic (exact) mass is 278 g/mol. The molecular weight excluding hydrogens is 260 g/mol. The van der Waals surface area contributed by atoms with Crippen LogP contribution in [-0.2, 0) is 6.54 Å². The number of nitrogens with zero attached hydrogens (tertiary/aromatic N) is 4. The van der Waals surface area contributed by atoms with Crippen molar-refractivity contribution < 1.29 is 0 Å². The van der Waals surface area contributed by atoms with Crippen LogP contribution < -0.4 is 0 Å². The van der Waals surface area contributed by atoms with Gasteiger partial charge in [0.1, 0.15) is 5.65 Å². The van der Waals surface area contributed by atoms with Gasteiger partial charge in [0.2, 0.25) is 0 Å². The number of rotatable bonds is 3. The Kier molecular flexibility index (Phi) is 3.16. The van der Waals surface area contributed by atoms with Crippen molar-refractivity contribution in [3.05, 3.63) is 66.4 Å². The summed E-state index contributed by atoms with van der Waals surface area (Å²) in [4.78, 5) is 11.2. The lowest BCUT2D eigenvalue weighted by Gasteiger charge is -2.25. The SMILES string of the molecule is c1cncc(CN2CCC[C@@H]2c2cccc3nccn23)c1. The molecule has 21 heavy (non-hydrogen) atoms. The van der Waals surface area contributed by atoms with Gasteiger partial charge in [-0.25, -0.2) is 4.98 Å². The molecule has 0 bridgehead atoms. The Balaban J connectivity index is 1.66. The van der Waals surface area contributed by atoms with Crippen LogP contribution in [0.5, 0.6) is 0 Å². The maximum atomic E-state index is 4.39. The fourth-order valence-electron chi connectivity index (χ4n) is 3.32. The number of pyridine rings is 2. The number of hydrogen-bond donors (Lipinski definition) is 0. The first-order chi connectivity index (χ1) is 10.4. The summed E-state index contributed by atoms with van der Waals surface area (Å²) >= 11 is 0. The van der Waals surface area contributed by atoms with E-state index in [9.17, 15) is 0 Å². The average Bonchev–Trinajstić information content (AvgIpc) is 3.16. The fourth-order valence-corrected chi connectivity index (χ4v) is 3.32. The molecule has 3 aromatic rings. The first-order valence-electron chi connectivity index (χ1n) is 7.47. The van der Waals surface area contributed by atoms with E-state index < -0.39 is 0 Å². The number of imidazole rings is 1. The van der Waals surface area contributed by atoms with Gasteiger partial charge < -0.3 is 4.40 Å². The smallest absolute Gasteiger partial charge is 0.136 e. The number of hydrogen-bond acceptors (Lipinski definition) is 3. The molecule has 106 valence electrons. The van der Waals surface area contributed by atoms with E-state index in [0.717, 1.165) is 18.7 Å². The van der Waals surface area contributed by atoms with Gasteiger partial charge in [0.15, 0.2) is 0 Å². The molecule has 4 nitrogen and oxygen atoms in total. The van der Waals surface area contributed by atoms with Crippen molar-refractivity contribution in [2.75, 3.05) is 6.54 Å². The van der Waals surface area contributed by atoms with Gasteiger partial charge in [0.25, 0.3) is 0 Å². The Morgan fingerprint density at radius 3 is 3.05 bits per heavy atom. The molecule has 0 aromatic carbocycles. The Hall–Kier alpha value is -2.20. The van der Waals surface area contributed by atoms with Crippen molar-refractivity contribution >= 4 is 5.65 Å². The summed E-state index contributed by atoms with van der Waals surface area (Å²) in [5.41, 5.74) is 3.65. The van der Waals surface area contributed by atoms with Gasteiger partial charge in [-0.3, -0.25) is 9.88 Å². The van der Waals surface area contributed by atoms with E-state index in [1.807, 2.05) is 24.7 Å². The van der Waals surface area contributed by atoms with Crippen LogP contribution in [0, 0.1) is 0 Å². The second-order valence-electron chi connectivity index (χ2n) is 5.60. The van der Waals surface area contributed by atoms with Crippen LogP contribution in [0.15, 0.2) is 55.1 Å². The normalized spacial score (nSPS) is 19.3. The summed E-state index contributed by atoms with van der Waals surface area (Å²) in [7, 11) is 0. The van der Waals surface area contributed by atoms with Crippen LogP contribution in [0.3, 0.4) is 0 Å². The van der Waals surface area contributed by atoms with Crippen LogP contribution in [0.1, 0.15) is 30.1 Å². The lowest BCUT2D eigenvalue weighted by molar-refractivity contribution is 0.243. The van der Waals surface area contributed by atoms with Gasteiger partial charge >= 0.3 is 0 Å². The average molecular weight is 278 g/mol. The molecule has 4 rings (SSSR count). The van der Waals surface area contributed by atoms with E-state index >= 15 is 0 Å². The maximum absolute atomic E-state index is 4.39. The highest BCUT2D eigenvalue weighted by atomic mass is 15.2. The fraction of sp³-hybridized carbons (Fsp3) is 0.294. The minimum atomic E-state index is 0.461. The predicted molar refractivity (Wildman–Crippen MR) is 81.8 cm³/mol. The number of likely N-dealkylation sites (tertiary alicyclic amines) is 1. The predicted octanol–water partition coefficient (Wildman–Crippen LogP) is 3.07. The lowest BCUT2D eigenvalue weighted by Crippen LogP contribution is -2.24. The Morgan fingerprint density at radius 2 is 2.14 bits per heavy atom. The highest BCUT2D eigenvalue weighted by Gasteiger charge is 2.27. The first-order valence-corrected chi connectivity index (χ1v) is 7.47. The van der Waals surface area contributed by atoms with E-state index in [0.29, 0.717) is 6.04 Å². The second-order valence-corrected chi connectivity index (χ2v) is 5.60. The third kappa shape index (κ3) is 2.32. The van der Waals surface area contributed by atoms with Crippen LogP contribution in [-0.4, -0.2) is 25.8 Å². The summed E-state index contributed by atoms with van der Waals surface area (Å²) in [6.45, 7) is 2.11. The van der Waals surface area contributed by atoms with Crippen LogP contribution >= 0.6 is 0 Å². The molecule has 0 unspecified atom stereocenters. The molecule has 0 N–H and O–H groups in total. The summed E-state index contributed by atoms with van der Waals surface area (Å²) in [5, 5.41) is 0. The highest BCUT2D eigenvalue weighted by molar-refractivity contribution is 5.40. The molecule has 0 aliphatic carbocycles. The molecule has 3 aromatic heterocycles. The summed E-state index contributed by atoms with van der Waals surface area (Å²) in [6, 6.07) is 11.0. The molecule has 1 fully saturated rings. The Labute approximate surface area is 124 Å². The molecular formula is C17H18N4. The quantitative estimate of drug-likeness (QED) is 0.738. The Morgan fingerprint density at radius 1 is 1.14 bits per heavy atom. The van der Waals surface area contributed by atoms with Crippen molar-refractivity contribution in [3.63, 3.8) is 0 Å². The minimum Gasteiger partial charge on any atom is -0.302 e. The van der Waals surface area contributed by atoms with E-state index in [-0.39, 0.29) is 0 Å². The summed E-state index contributed by atoms with van der Waals surface area (Å²) < 4.78 is 2.21. The molecule has 4 heterocycles. The third-order valence-corrected chi connectivity index (χ3v) is 4.27. The van der Waals surface area contributed by atoms with Crippen molar-refractivity contribution in [1.29, 1.82) is 0 Å². The van der Waals surface area contributed by atoms with Gasteiger partial charge in [-0.15, -0.1) is 0 Å². The van der Waals surface area contributed by atoms with Crippen LogP contribution in [0.2, 0.25) is 0 Å². The minimum absolute atomic E-state index is 0.461. The summed E-state index contributed by atoms with van der Waals surface area (Å²) in [6.07, 6.45) is 10.2. The van der Waals surface area contributed by atoms with E-state index in [2.05, 4.69) is 49.7 Å². The molecule has 1 saturated heterocycles. The third-order valence-electron chi connectivity index (χ3n) is 4.27. The second kappa shape index (κ2) is 5.30. The Bertz CT molecular complexity index is 735. The molecule has 1 aliphatic heterocycles. The van der Waals surface area contributed by atoms with Gasteiger partial charge in [-0.05, 0) is 43.1 Å². The van der Waals surface area contributed by atoms with Gasteiger partial charge in [-0.2, -0.15) is 0 Å². The van der Waals surface area contributed by atoms with Crippen molar-refractivity contribution in [3.8, 4) is 0 Å². The number of aromatic nitrogens is 3. The van der Waals surface area contributed by atoms with E-state index in [1.54, 1.807) is 0 Å². The van der Waals surface area contributed by atoms with Crippen molar-refractivity contribution in [2.24, 2.45) is 0 Å². The van der Waals surface area contributed by atoms with E-state index in [1.165, 1.54) is 24.1 Å². The molecule has 0 spiro atoms. The molecule has 0 amide bonds. The largest absolute Gasteiger partial charge is 0.302 e. The zero-order chi connectivity index (χ0) is 14.1. The topological polar surface area (TPSA) is 33.4 Å². The highest BCUT2D eigenvalue weighted by Crippen LogP contribution is 2.33. The van der Waals surface area contributed by atoms with Crippen molar-refractivity contribution in [2.45, 2.75) is 25.4 Å². The molecule has 1 atom stereocenters.